The van der Waals surface area contributed by atoms with Crippen molar-refractivity contribution in [1.82, 2.24) is 19.5 Å². The summed E-state index contributed by atoms with van der Waals surface area (Å²) in [4.78, 5) is 24.0. The van der Waals surface area contributed by atoms with Crippen molar-refractivity contribution in [2.45, 2.75) is 13.5 Å². The standard InChI is InChI=1S/C21H16N6O2/c1-13(28)29-12-14-4-6-16(7-5-14)27-19-9-15(10-22)25-11-18(19)26-21(27)17-3-2-8-24-20(17)23/h2-9,11H,12H2,1H3,(H2,23,24). The number of benzene rings is 1. The van der Waals surface area contributed by atoms with Gasteiger partial charge in [-0.2, -0.15) is 5.26 Å². The number of ether oxygens (including phenoxy) is 1. The highest BCUT2D eigenvalue weighted by atomic mass is 16.5. The number of esters is 1. The number of carbonyl (C=O) groups excluding carboxylic acids is 1. The van der Waals surface area contributed by atoms with E-state index in [0.717, 1.165) is 16.8 Å². The van der Waals surface area contributed by atoms with Crippen molar-refractivity contribution in [3.8, 4) is 23.1 Å². The number of nitrogens with zero attached hydrogens (tertiary/aromatic N) is 5. The Bertz CT molecular complexity index is 1250. The third kappa shape index (κ3) is 3.49. The average molecular weight is 384 g/mol. The molecule has 4 rings (SSSR count). The van der Waals surface area contributed by atoms with Crippen LogP contribution in [0, 0.1) is 11.3 Å². The molecule has 3 aromatic heterocycles. The number of nitriles is 1. The molecule has 0 unspecified atom stereocenters. The van der Waals surface area contributed by atoms with Gasteiger partial charge >= 0.3 is 5.97 Å². The number of rotatable bonds is 4. The molecule has 0 saturated carbocycles. The van der Waals surface area contributed by atoms with Crippen LogP contribution in [-0.2, 0) is 16.1 Å². The second kappa shape index (κ2) is 7.40. The quantitative estimate of drug-likeness (QED) is 0.537. The first-order valence-electron chi connectivity index (χ1n) is 8.79. The van der Waals surface area contributed by atoms with Gasteiger partial charge in [0, 0.05) is 24.9 Å². The average Bonchev–Trinajstić information content (AvgIpc) is 3.11. The van der Waals surface area contributed by atoms with Gasteiger partial charge in [-0.1, -0.05) is 12.1 Å². The van der Waals surface area contributed by atoms with Crippen molar-refractivity contribution >= 4 is 22.8 Å². The lowest BCUT2D eigenvalue weighted by molar-refractivity contribution is -0.142. The number of aromatic nitrogens is 4. The zero-order chi connectivity index (χ0) is 20.4. The molecule has 0 bridgehead atoms. The molecule has 8 heteroatoms. The van der Waals surface area contributed by atoms with Crippen molar-refractivity contribution in [1.29, 1.82) is 5.26 Å². The van der Waals surface area contributed by atoms with Crippen LogP contribution in [0.4, 0.5) is 5.82 Å². The molecule has 0 amide bonds. The Labute approximate surface area is 166 Å². The summed E-state index contributed by atoms with van der Waals surface area (Å²) in [5, 5.41) is 9.25. The van der Waals surface area contributed by atoms with E-state index in [1.165, 1.54) is 6.92 Å². The Morgan fingerprint density at radius 2 is 2.03 bits per heavy atom. The molecular formula is C21H16N6O2. The van der Waals surface area contributed by atoms with Crippen LogP contribution < -0.4 is 5.73 Å². The van der Waals surface area contributed by atoms with Crippen molar-refractivity contribution in [2.75, 3.05) is 5.73 Å². The molecule has 0 fully saturated rings. The van der Waals surface area contributed by atoms with E-state index in [2.05, 4.69) is 21.0 Å². The van der Waals surface area contributed by atoms with Gasteiger partial charge in [0.15, 0.2) is 0 Å². The molecule has 0 aliphatic rings. The van der Waals surface area contributed by atoms with E-state index >= 15 is 0 Å². The molecule has 1 aromatic carbocycles. The van der Waals surface area contributed by atoms with Crippen LogP contribution in [0.5, 0.6) is 0 Å². The molecule has 0 spiro atoms. The number of pyridine rings is 2. The lowest BCUT2D eigenvalue weighted by Crippen LogP contribution is -2.02. The lowest BCUT2D eigenvalue weighted by atomic mass is 10.2. The highest BCUT2D eigenvalue weighted by molar-refractivity contribution is 5.85. The third-order valence-corrected chi connectivity index (χ3v) is 4.37. The number of nitrogens with two attached hydrogens (primary N) is 1. The number of hydrogen-bond donors (Lipinski definition) is 1. The lowest BCUT2D eigenvalue weighted by Gasteiger charge is -2.11. The van der Waals surface area contributed by atoms with Crippen LogP contribution in [0.2, 0.25) is 0 Å². The van der Waals surface area contributed by atoms with E-state index in [-0.39, 0.29) is 18.3 Å². The van der Waals surface area contributed by atoms with Gasteiger partial charge in [-0.3, -0.25) is 9.36 Å². The number of hydrogen-bond acceptors (Lipinski definition) is 7. The van der Waals surface area contributed by atoms with Gasteiger partial charge < -0.3 is 10.5 Å². The van der Waals surface area contributed by atoms with Gasteiger partial charge in [0.25, 0.3) is 0 Å². The fourth-order valence-electron chi connectivity index (χ4n) is 3.02. The van der Waals surface area contributed by atoms with E-state index in [1.807, 2.05) is 34.9 Å². The maximum atomic E-state index is 11.0. The van der Waals surface area contributed by atoms with Gasteiger partial charge in [0.2, 0.25) is 0 Å². The Hall–Kier alpha value is -4.25. The zero-order valence-electron chi connectivity index (χ0n) is 15.5. The second-order valence-electron chi connectivity index (χ2n) is 6.32. The number of nitrogen functional groups attached to an aromatic ring is 1. The molecule has 0 atom stereocenters. The summed E-state index contributed by atoms with van der Waals surface area (Å²) in [5.74, 6) is 0.611. The Kier molecular flexibility index (Phi) is 4.63. The molecular weight excluding hydrogens is 368 g/mol. The minimum absolute atomic E-state index is 0.200. The maximum absolute atomic E-state index is 11.0. The highest BCUT2D eigenvalue weighted by Gasteiger charge is 2.17. The second-order valence-corrected chi connectivity index (χ2v) is 6.32. The molecule has 0 radical (unpaired) electrons. The predicted molar refractivity (Wildman–Crippen MR) is 107 cm³/mol. The van der Waals surface area contributed by atoms with Crippen LogP contribution in [0.1, 0.15) is 18.2 Å². The van der Waals surface area contributed by atoms with Crippen LogP contribution in [0.25, 0.3) is 28.1 Å². The van der Waals surface area contributed by atoms with Crippen LogP contribution in [-0.4, -0.2) is 25.5 Å². The van der Waals surface area contributed by atoms with E-state index in [4.69, 9.17) is 10.5 Å². The third-order valence-electron chi connectivity index (χ3n) is 4.37. The van der Waals surface area contributed by atoms with Gasteiger partial charge in [-0.25, -0.2) is 15.0 Å². The number of imidazole rings is 1. The molecule has 8 nitrogen and oxygen atoms in total. The summed E-state index contributed by atoms with van der Waals surface area (Å²) in [6, 6.07) is 14.9. The number of anilines is 1. The molecule has 0 aliphatic carbocycles. The molecule has 0 aliphatic heterocycles. The summed E-state index contributed by atoms with van der Waals surface area (Å²) < 4.78 is 6.94. The van der Waals surface area contributed by atoms with Crippen molar-refractivity contribution in [3.63, 3.8) is 0 Å². The van der Waals surface area contributed by atoms with Crippen LogP contribution in [0.3, 0.4) is 0 Å². The first-order chi connectivity index (χ1) is 14.1. The molecule has 142 valence electrons. The SMILES string of the molecule is CC(=O)OCc1ccc(-n2c(-c3cccnc3N)nc3cnc(C#N)cc32)cc1. The van der Waals surface area contributed by atoms with Gasteiger partial charge in [-0.15, -0.1) is 0 Å². The van der Waals surface area contributed by atoms with Crippen molar-refractivity contribution in [2.24, 2.45) is 0 Å². The summed E-state index contributed by atoms with van der Waals surface area (Å²) in [6.45, 7) is 1.57. The fourth-order valence-corrected chi connectivity index (χ4v) is 3.02. The van der Waals surface area contributed by atoms with E-state index in [0.29, 0.717) is 22.7 Å². The Balaban J connectivity index is 1.89. The van der Waals surface area contributed by atoms with Gasteiger partial charge in [0.05, 0.1) is 17.3 Å². The maximum Gasteiger partial charge on any atom is 0.302 e. The molecule has 29 heavy (non-hydrogen) atoms. The normalized spacial score (nSPS) is 10.6. The first-order valence-corrected chi connectivity index (χ1v) is 8.79. The Morgan fingerprint density at radius 3 is 2.72 bits per heavy atom. The summed E-state index contributed by atoms with van der Waals surface area (Å²) in [7, 11) is 0. The highest BCUT2D eigenvalue weighted by Crippen LogP contribution is 2.31. The van der Waals surface area contributed by atoms with Crippen molar-refractivity contribution in [3.05, 3.63) is 66.1 Å². The van der Waals surface area contributed by atoms with E-state index in [1.54, 1.807) is 24.5 Å². The largest absolute Gasteiger partial charge is 0.461 e. The first kappa shape index (κ1) is 18.1. The smallest absolute Gasteiger partial charge is 0.302 e. The predicted octanol–water partition coefficient (Wildman–Crippen LogP) is 3.00. The molecule has 4 aromatic rings. The monoisotopic (exact) mass is 384 g/mol. The van der Waals surface area contributed by atoms with Gasteiger partial charge in [0.1, 0.15) is 35.5 Å². The summed E-state index contributed by atoms with van der Waals surface area (Å²) in [6.07, 6.45) is 3.18. The summed E-state index contributed by atoms with van der Waals surface area (Å²) in [5.41, 5.74) is 10.1. The minimum Gasteiger partial charge on any atom is -0.461 e. The Morgan fingerprint density at radius 1 is 1.24 bits per heavy atom. The zero-order valence-corrected chi connectivity index (χ0v) is 15.5. The minimum atomic E-state index is -0.333. The number of carbonyl (C=O) groups is 1. The fraction of sp³-hybridized carbons (Fsp3) is 0.0952. The molecule has 3 heterocycles. The number of fused-ring (bicyclic) bond motifs is 1. The van der Waals surface area contributed by atoms with Crippen LogP contribution in [0.15, 0.2) is 54.9 Å². The molecule has 0 saturated heterocycles. The van der Waals surface area contributed by atoms with E-state index < -0.39 is 0 Å². The van der Waals surface area contributed by atoms with Gasteiger partial charge in [-0.05, 0) is 29.8 Å². The summed E-state index contributed by atoms with van der Waals surface area (Å²) >= 11 is 0. The molecule has 2 N–H and O–H groups in total. The van der Waals surface area contributed by atoms with E-state index in [9.17, 15) is 10.1 Å². The van der Waals surface area contributed by atoms with Crippen molar-refractivity contribution < 1.29 is 9.53 Å². The topological polar surface area (TPSA) is 120 Å². The van der Waals surface area contributed by atoms with Crippen LogP contribution >= 0.6 is 0 Å².